The normalized spacial score (nSPS) is 23.2. The Bertz CT molecular complexity index is 1220. The average molecular weight is 503 g/mol. The van der Waals surface area contributed by atoms with Crippen LogP contribution in [0.2, 0.25) is 0 Å². The molecule has 0 saturated heterocycles. The summed E-state index contributed by atoms with van der Waals surface area (Å²) >= 11 is 0. The second-order valence-corrected chi connectivity index (χ2v) is 9.44. The Morgan fingerprint density at radius 3 is 1.86 bits per heavy atom. The van der Waals surface area contributed by atoms with Crippen molar-refractivity contribution in [3.8, 4) is 5.75 Å². The van der Waals surface area contributed by atoms with Crippen molar-refractivity contribution in [2.24, 2.45) is 11.8 Å². The highest BCUT2D eigenvalue weighted by atomic mass is 16.5. The zero-order valence-electron chi connectivity index (χ0n) is 20.8. The van der Waals surface area contributed by atoms with Gasteiger partial charge in [-0.15, -0.1) is 0 Å². The molecule has 0 aliphatic heterocycles. The van der Waals surface area contributed by atoms with Gasteiger partial charge in [0.05, 0.1) is 18.6 Å². The van der Waals surface area contributed by atoms with E-state index < -0.39 is 41.1 Å². The Labute approximate surface area is 216 Å². The number of carbonyl (C=O) groups excluding carboxylic acids is 3. The molecular weight excluding hydrogens is 472 g/mol. The molecule has 7 nitrogen and oxygen atoms in total. The number of benzene rings is 3. The molecule has 0 amide bonds. The van der Waals surface area contributed by atoms with Crippen molar-refractivity contribution in [3.05, 3.63) is 102 Å². The molecule has 7 heteroatoms. The van der Waals surface area contributed by atoms with E-state index in [4.69, 9.17) is 14.2 Å². The molecule has 0 radical (unpaired) electrons. The van der Waals surface area contributed by atoms with Crippen molar-refractivity contribution in [3.63, 3.8) is 0 Å². The van der Waals surface area contributed by atoms with E-state index in [9.17, 15) is 19.5 Å². The fraction of sp³-hybridized carbons (Fsp3) is 0.300. The molecule has 1 fully saturated rings. The molecule has 0 heterocycles. The Kier molecular flexibility index (Phi) is 8.04. The molecule has 1 aliphatic rings. The van der Waals surface area contributed by atoms with E-state index in [1.807, 2.05) is 60.7 Å². The topological polar surface area (TPSA) is 99.1 Å². The Hall–Kier alpha value is -3.97. The molecule has 4 atom stereocenters. The van der Waals surface area contributed by atoms with Crippen molar-refractivity contribution in [1.82, 2.24) is 0 Å². The first-order valence-corrected chi connectivity index (χ1v) is 12.1. The molecule has 192 valence electrons. The smallest absolute Gasteiger partial charge is 0.317 e. The molecule has 0 unspecified atom stereocenters. The molecule has 1 saturated carbocycles. The van der Waals surface area contributed by atoms with Gasteiger partial charge in [0.2, 0.25) is 0 Å². The first-order chi connectivity index (χ1) is 17.8. The molecule has 1 aliphatic carbocycles. The molecule has 1 N–H and O–H groups in total. The van der Waals surface area contributed by atoms with E-state index in [2.05, 4.69) is 0 Å². The molecule has 0 spiro atoms. The minimum atomic E-state index is -1.73. The zero-order valence-corrected chi connectivity index (χ0v) is 20.8. The molecule has 3 aromatic carbocycles. The molecule has 4 rings (SSSR count). The first kappa shape index (κ1) is 26.1. The number of hydrogen-bond acceptors (Lipinski definition) is 7. The van der Waals surface area contributed by atoms with Gasteiger partial charge in [0.1, 0.15) is 24.9 Å². The van der Waals surface area contributed by atoms with Gasteiger partial charge in [0.15, 0.2) is 5.78 Å². The molecule has 0 bridgehead atoms. The maximum atomic E-state index is 13.5. The lowest BCUT2D eigenvalue weighted by molar-refractivity contribution is -0.174. The molecule has 3 aromatic rings. The molecule has 37 heavy (non-hydrogen) atoms. The minimum Gasteiger partial charge on any atom is -0.497 e. The lowest BCUT2D eigenvalue weighted by atomic mass is 9.61. The number of carbonyl (C=O) groups is 3. The number of hydrogen-bond donors (Lipinski definition) is 1. The van der Waals surface area contributed by atoms with Gasteiger partial charge in [-0.05, 0) is 35.7 Å². The lowest BCUT2D eigenvalue weighted by Gasteiger charge is -2.43. The standard InChI is InChI=1S/C30H30O7/c1-30(34)17-24(31)26(28(32)36-18-20-9-5-3-6-10-20)25(22-13-15-23(35-2)16-14-22)27(30)29(33)37-19-21-11-7-4-8-12-21/h3-16,25-27,34H,17-19H2,1-2H3/t25-,26+,27-,30+/m0/s1. The second kappa shape index (κ2) is 11.4. The van der Waals surface area contributed by atoms with Crippen LogP contribution in [0.15, 0.2) is 84.9 Å². The van der Waals surface area contributed by atoms with Crippen LogP contribution in [0.25, 0.3) is 0 Å². The molecular formula is C30H30O7. The van der Waals surface area contributed by atoms with Crippen molar-refractivity contribution in [1.29, 1.82) is 0 Å². The van der Waals surface area contributed by atoms with Crippen molar-refractivity contribution in [2.75, 3.05) is 7.11 Å². The maximum Gasteiger partial charge on any atom is 0.317 e. The summed E-state index contributed by atoms with van der Waals surface area (Å²) < 4.78 is 16.4. The Morgan fingerprint density at radius 1 is 0.838 bits per heavy atom. The Balaban J connectivity index is 1.67. The fourth-order valence-electron chi connectivity index (χ4n) is 4.88. The summed E-state index contributed by atoms with van der Waals surface area (Å²) in [7, 11) is 1.53. The van der Waals surface area contributed by atoms with Gasteiger partial charge in [-0.1, -0.05) is 72.8 Å². The summed E-state index contributed by atoms with van der Waals surface area (Å²) in [6.45, 7) is 1.42. The van der Waals surface area contributed by atoms with E-state index in [1.54, 1.807) is 24.3 Å². The monoisotopic (exact) mass is 502 g/mol. The van der Waals surface area contributed by atoms with Gasteiger partial charge in [0, 0.05) is 12.3 Å². The van der Waals surface area contributed by atoms with Crippen LogP contribution >= 0.6 is 0 Å². The summed E-state index contributed by atoms with van der Waals surface area (Å²) in [4.78, 5) is 40.1. The predicted molar refractivity (Wildman–Crippen MR) is 135 cm³/mol. The highest BCUT2D eigenvalue weighted by molar-refractivity contribution is 6.02. The number of aliphatic hydroxyl groups is 1. The van der Waals surface area contributed by atoms with Gasteiger partial charge >= 0.3 is 11.9 Å². The van der Waals surface area contributed by atoms with Crippen LogP contribution in [0.1, 0.15) is 36.0 Å². The summed E-state index contributed by atoms with van der Waals surface area (Å²) in [5.74, 6) is -4.81. The van der Waals surface area contributed by atoms with Crippen LogP contribution in [-0.2, 0) is 37.1 Å². The van der Waals surface area contributed by atoms with Crippen LogP contribution in [0.4, 0.5) is 0 Å². The third-order valence-corrected chi connectivity index (χ3v) is 6.72. The fourth-order valence-corrected chi connectivity index (χ4v) is 4.88. The summed E-state index contributed by atoms with van der Waals surface area (Å²) in [5.41, 5.74) is 0.344. The number of Topliss-reactive ketones (excluding diaryl/α,β-unsaturated/α-hetero) is 1. The summed E-state index contributed by atoms with van der Waals surface area (Å²) in [6, 6.07) is 25.0. The van der Waals surface area contributed by atoms with Crippen LogP contribution in [0.3, 0.4) is 0 Å². The SMILES string of the molecule is COc1ccc([C@H]2[C@H](C(=O)OCc3ccccc3)C(=O)C[C@@](C)(O)[C@@H]2C(=O)OCc2ccccc2)cc1. The number of rotatable bonds is 8. The van der Waals surface area contributed by atoms with Gasteiger partial charge in [0.25, 0.3) is 0 Å². The first-order valence-electron chi connectivity index (χ1n) is 12.1. The number of ketones is 1. The third kappa shape index (κ3) is 6.06. The van der Waals surface area contributed by atoms with Gasteiger partial charge in [-0.25, -0.2) is 0 Å². The van der Waals surface area contributed by atoms with Gasteiger partial charge in [-0.2, -0.15) is 0 Å². The summed E-state index contributed by atoms with van der Waals surface area (Å²) in [6.07, 6.45) is -0.379. The van der Waals surface area contributed by atoms with Crippen LogP contribution in [0, 0.1) is 11.8 Å². The lowest BCUT2D eigenvalue weighted by Crippen LogP contribution is -2.55. The van der Waals surface area contributed by atoms with Crippen LogP contribution in [-0.4, -0.2) is 35.5 Å². The summed E-state index contributed by atoms with van der Waals surface area (Å²) in [5, 5.41) is 11.3. The third-order valence-electron chi connectivity index (χ3n) is 6.72. The van der Waals surface area contributed by atoms with E-state index in [1.165, 1.54) is 14.0 Å². The molecule has 0 aromatic heterocycles. The second-order valence-electron chi connectivity index (χ2n) is 9.44. The minimum absolute atomic E-state index is 0.00134. The van der Waals surface area contributed by atoms with E-state index in [0.29, 0.717) is 11.3 Å². The highest BCUT2D eigenvalue weighted by Crippen LogP contribution is 2.47. The number of esters is 2. The van der Waals surface area contributed by atoms with Crippen LogP contribution < -0.4 is 4.74 Å². The number of ether oxygens (including phenoxy) is 3. The average Bonchev–Trinajstić information content (AvgIpc) is 2.90. The van der Waals surface area contributed by atoms with E-state index in [0.717, 1.165) is 11.1 Å². The Morgan fingerprint density at radius 2 is 1.35 bits per heavy atom. The zero-order chi connectivity index (χ0) is 26.4. The van der Waals surface area contributed by atoms with E-state index in [-0.39, 0.29) is 19.6 Å². The maximum absolute atomic E-state index is 13.5. The van der Waals surface area contributed by atoms with Crippen molar-refractivity contribution in [2.45, 2.75) is 38.1 Å². The van der Waals surface area contributed by atoms with Crippen molar-refractivity contribution < 1.29 is 33.7 Å². The van der Waals surface area contributed by atoms with Crippen molar-refractivity contribution >= 4 is 17.7 Å². The predicted octanol–water partition coefficient (Wildman–Crippen LogP) is 4.22. The highest BCUT2D eigenvalue weighted by Gasteiger charge is 2.57. The van der Waals surface area contributed by atoms with Gasteiger partial charge in [-0.3, -0.25) is 14.4 Å². The number of methoxy groups -OCH3 is 1. The largest absolute Gasteiger partial charge is 0.497 e. The van der Waals surface area contributed by atoms with E-state index >= 15 is 0 Å². The van der Waals surface area contributed by atoms with Crippen LogP contribution in [0.5, 0.6) is 5.75 Å². The quantitative estimate of drug-likeness (QED) is 0.364. The van der Waals surface area contributed by atoms with Gasteiger partial charge < -0.3 is 19.3 Å².